The zero-order valence-electron chi connectivity index (χ0n) is 14.7. The predicted molar refractivity (Wildman–Crippen MR) is 102 cm³/mol. The number of fused-ring (bicyclic) bond motifs is 1. The predicted octanol–water partition coefficient (Wildman–Crippen LogP) is 3.46. The van der Waals surface area contributed by atoms with E-state index in [1.807, 2.05) is 42.5 Å². The molecular weight excluding hydrogens is 342 g/mol. The Morgan fingerprint density at radius 2 is 1.81 bits per heavy atom. The summed E-state index contributed by atoms with van der Waals surface area (Å²) in [6.45, 7) is 0.244. The number of carbonyl (C=O) groups excluding carboxylic acids is 1. The van der Waals surface area contributed by atoms with E-state index in [-0.39, 0.29) is 23.6 Å². The number of carbonyl (C=O) groups is 1. The SMILES string of the molecule is CN(Cc1cc(-c2ccccc2)no1)C(=O)c1cc(=O)c2ccccc2[nH]1. The lowest BCUT2D eigenvalue weighted by Gasteiger charge is -2.15. The van der Waals surface area contributed by atoms with Gasteiger partial charge in [-0.05, 0) is 12.1 Å². The summed E-state index contributed by atoms with van der Waals surface area (Å²) in [4.78, 5) is 29.5. The largest absolute Gasteiger partial charge is 0.359 e. The van der Waals surface area contributed by atoms with Gasteiger partial charge >= 0.3 is 0 Å². The third-order valence-electron chi connectivity index (χ3n) is 4.34. The van der Waals surface area contributed by atoms with Gasteiger partial charge in [0.15, 0.2) is 11.2 Å². The average molecular weight is 359 g/mol. The molecule has 0 aliphatic rings. The van der Waals surface area contributed by atoms with Gasteiger partial charge in [0.1, 0.15) is 11.4 Å². The first kappa shape index (κ1) is 16.8. The molecule has 0 atom stereocenters. The molecule has 0 radical (unpaired) electrons. The molecule has 0 spiro atoms. The van der Waals surface area contributed by atoms with E-state index >= 15 is 0 Å². The Hall–Kier alpha value is -3.67. The molecule has 2 aromatic heterocycles. The summed E-state index contributed by atoms with van der Waals surface area (Å²) in [7, 11) is 1.65. The number of amides is 1. The summed E-state index contributed by atoms with van der Waals surface area (Å²) < 4.78 is 5.35. The standard InChI is InChI=1S/C21H17N3O3/c1-24(13-15-11-18(23-27-15)14-7-3-2-4-8-14)21(26)19-12-20(25)16-9-5-6-10-17(16)22-19/h2-12H,13H2,1H3,(H,22,25). The van der Waals surface area contributed by atoms with Crippen molar-refractivity contribution in [2.45, 2.75) is 6.54 Å². The van der Waals surface area contributed by atoms with Gasteiger partial charge in [-0.1, -0.05) is 47.6 Å². The highest BCUT2D eigenvalue weighted by molar-refractivity contribution is 5.94. The fraction of sp³-hybridized carbons (Fsp3) is 0.0952. The van der Waals surface area contributed by atoms with Crippen molar-refractivity contribution < 1.29 is 9.32 Å². The van der Waals surface area contributed by atoms with Crippen molar-refractivity contribution in [3.8, 4) is 11.3 Å². The van der Waals surface area contributed by atoms with Crippen LogP contribution in [0.3, 0.4) is 0 Å². The Labute approximate surface area is 155 Å². The molecule has 6 nitrogen and oxygen atoms in total. The number of aromatic amines is 1. The van der Waals surface area contributed by atoms with Crippen LogP contribution in [0.1, 0.15) is 16.2 Å². The van der Waals surface area contributed by atoms with Crippen LogP contribution >= 0.6 is 0 Å². The maximum Gasteiger partial charge on any atom is 0.270 e. The molecule has 2 heterocycles. The number of para-hydroxylation sites is 1. The fourth-order valence-electron chi connectivity index (χ4n) is 2.96. The second-order valence-electron chi connectivity index (χ2n) is 6.30. The molecule has 27 heavy (non-hydrogen) atoms. The van der Waals surface area contributed by atoms with E-state index in [0.717, 1.165) is 5.56 Å². The highest BCUT2D eigenvalue weighted by atomic mass is 16.5. The number of nitrogens with zero attached hydrogens (tertiary/aromatic N) is 2. The maximum absolute atomic E-state index is 12.7. The van der Waals surface area contributed by atoms with Crippen molar-refractivity contribution in [3.05, 3.63) is 88.4 Å². The number of hydrogen-bond acceptors (Lipinski definition) is 4. The van der Waals surface area contributed by atoms with Gasteiger partial charge in [0.05, 0.1) is 6.54 Å². The monoisotopic (exact) mass is 359 g/mol. The molecule has 0 unspecified atom stereocenters. The summed E-state index contributed by atoms with van der Waals surface area (Å²) in [6.07, 6.45) is 0. The van der Waals surface area contributed by atoms with Crippen molar-refractivity contribution >= 4 is 16.8 Å². The molecule has 134 valence electrons. The summed E-state index contributed by atoms with van der Waals surface area (Å²) in [5.74, 6) is 0.267. The number of benzene rings is 2. The number of H-pyrrole nitrogens is 1. The van der Waals surface area contributed by atoms with E-state index in [1.165, 1.54) is 11.0 Å². The molecule has 0 aliphatic heterocycles. The van der Waals surface area contributed by atoms with E-state index < -0.39 is 0 Å². The Morgan fingerprint density at radius 3 is 2.63 bits per heavy atom. The number of pyridine rings is 1. The number of rotatable bonds is 4. The van der Waals surface area contributed by atoms with Gasteiger partial charge in [-0.25, -0.2) is 0 Å². The molecule has 4 aromatic rings. The van der Waals surface area contributed by atoms with Crippen LogP contribution in [0.15, 0.2) is 76.0 Å². The van der Waals surface area contributed by atoms with Crippen LogP contribution < -0.4 is 5.43 Å². The lowest BCUT2D eigenvalue weighted by molar-refractivity contribution is 0.0767. The maximum atomic E-state index is 12.7. The Bertz CT molecular complexity index is 1160. The van der Waals surface area contributed by atoms with E-state index in [2.05, 4.69) is 10.1 Å². The third kappa shape index (κ3) is 3.37. The van der Waals surface area contributed by atoms with Crippen LogP contribution in [0.2, 0.25) is 0 Å². The minimum atomic E-state index is -0.296. The molecule has 0 saturated heterocycles. The van der Waals surface area contributed by atoms with Crippen molar-refractivity contribution in [1.29, 1.82) is 0 Å². The molecule has 1 N–H and O–H groups in total. The van der Waals surface area contributed by atoms with Gasteiger partial charge in [-0.15, -0.1) is 0 Å². The Morgan fingerprint density at radius 1 is 1.07 bits per heavy atom. The normalized spacial score (nSPS) is 10.9. The van der Waals surface area contributed by atoms with E-state index in [4.69, 9.17) is 4.52 Å². The molecule has 1 amide bonds. The zero-order chi connectivity index (χ0) is 18.8. The molecule has 0 aliphatic carbocycles. The van der Waals surface area contributed by atoms with Gasteiger partial charge in [-0.2, -0.15) is 0 Å². The zero-order valence-corrected chi connectivity index (χ0v) is 14.7. The van der Waals surface area contributed by atoms with Crippen molar-refractivity contribution in [2.24, 2.45) is 0 Å². The molecular formula is C21H17N3O3. The first-order valence-electron chi connectivity index (χ1n) is 8.50. The van der Waals surface area contributed by atoms with Gasteiger partial charge in [-0.3, -0.25) is 9.59 Å². The van der Waals surface area contributed by atoms with Crippen molar-refractivity contribution in [2.75, 3.05) is 7.05 Å². The lowest BCUT2D eigenvalue weighted by atomic mass is 10.1. The minimum absolute atomic E-state index is 0.188. The second-order valence-corrected chi connectivity index (χ2v) is 6.30. The van der Waals surface area contributed by atoms with Crippen molar-refractivity contribution in [3.63, 3.8) is 0 Å². The van der Waals surface area contributed by atoms with Gasteiger partial charge in [0.2, 0.25) is 0 Å². The van der Waals surface area contributed by atoms with Crippen LogP contribution in [-0.2, 0) is 6.54 Å². The average Bonchev–Trinajstić information content (AvgIpc) is 3.16. The Kier molecular flexibility index (Phi) is 4.30. The van der Waals surface area contributed by atoms with Crippen LogP contribution in [0.25, 0.3) is 22.2 Å². The van der Waals surface area contributed by atoms with Gasteiger partial charge in [0.25, 0.3) is 5.91 Å². The highest BCUT2D eigenvalue weighted by Gasteiger charge is 2.17. The third-order valence-corrected chi connectivity index (χ3v) is 4.34. The van der Waals surface area contributed by atoms with Crippen LogP contribution in [0.5, 0.6) is 0 Å². The topological polar surface area (TPSA) is 79.2 Å². The van der Waals surface area contributed by atoms with Crippen LogP contribution in [0.4, 0.5) is 0 Å². The van der Waals surface area contributed by atoms with Crippen LogP contribution in [-0.4, -0.2) is 28.0 Å². The van der Waals surface area contributed by atoms with E-state index in [0.29, 0.717) is 22.4 Å². The molecule has 2 aromatic carbocycles. The molecule has 0 fully saturated rings. The second kappa shape index (κ2) is 6.92. The summed E-state index contributed by atoms with van der Waals surface area (Å²) >= 11 is 0. The Balaban J connectivity index is 1.55. The quantitative estimate of drug-likeness (QED) is 0.605. The molecule has 0 bridgehead atoms. The van der Waals surface area contributed by atoms with Gasteiger partial charge < -0.3 is 14.4 Å². The molecule has 0 saturated carbocycles. The molecule has 6 heteroatoms. The first-order valence-corrected chi connectivity index (χ1v) is 8.50. The van der Waals surface area contributed by atoms with Crippen molar-refractivity contribution in [1.82, 2.24) is 15.0 Å². The number of hydrogen-bond donors (Lipinski definition) is 1. The fourth-order valence-corrected chi connectivity index (χ4v) is 2.96. The summed E-state index contributed by atoms with van der Waals surface area (Å²) in [5.41, 5.74) is 2.34. The van der Waals surface area contributed by atoms with E-state index in [1.54, 1.807) is 25.2 Å². The first-order chi connectivity index (χ1) is 13.1. The summed E-state index contributed by atoms with van der Waals surface area (Å²) in [5, 5.41) is 4.61. The number of nitrogens with one attached hydrogen (secondary N) is 1. The summed E-state index contributed by atoms with van der Waals surface area (Å²) in [6, 6.07) is 19.9. The minimum Gasteiger partial charge on any atom is -0.359 e. The smallest absolute Gasteiger partial charge is 0.270 e. The lowest BCUT2D eigenvalue weighted by Crippen LogP contribution is -2.28. The van der Waals surface area contributed by atoms with Crippen LogP contribution in [0, 0.1) is 0 Å². The molecule has 4 rings (SSSR count). The highest BCUT2D eigenvalue weighted by Crippen LogP contribution is 2.19. The van der Waals surface area contributed by atoms with Gasteiger partial charge in [0, 0.05) is 35.6 Å². The number of aromatic nitrogens is 2. The van der Waals surface area contributed by atoms with E-state index in [9.17, 15) is 9.59 Å².